The summed E-state index contributed by atoms with van der Waals surface area (Å²) in [7, 11) is 1.40. The molecule has 1 N–H and O–H groups in total. The van der Waals surface area contributed by atoms with E-state index in [4.69, 9.17) is 4.74 Å². The highest BCUT2D eigenvalue weighted by atomic mass is 32.1. The van der Waals surface area contributed by atoms with Crippen LogP contribution in [-0.2, 0) is 17.8 Å². The minimum Gasteiger partial charge on any atom is -0.480 e. The maximum absolute atomic E-state index is 14.7. The summed E-state index contributed by atoms with van der Waals surface area (Å²) < 4.78 is 36.5. The Balaban J connectivity index is 1.81. The number of hydrogen-bond donors (Lipinski definition) is 1. The second-order valence-electron chi connectivity index (χ2n) is 8.85. The quantitative estimate of drug-likeness (QED) is 0.312. The fraction of sp³-hybridized carbons (Fsp3) is 0.179. The molecule has 40 heavy (non-hydrogen) atoms. The third-order valence-corrected chi connectivity index (χ3v) is 7.64. The van der Waals surface area contributed by atoms with Crippen LogP contribution in [0.5, 0.6) is 5.88 Å². The molecular formula is C28H23F2N5O4S. The van der Waals surface area contributed by atoms with E-state index in [2.05, 4.69) is 15.5 Å². The fourth-order valence-corrected chi connectivity index (χ4v) is 5.85. The average molecular weight is 564 g/mol. The van der Waals surface area contributed by atoms with Crippen LogP contribution in [0.4, 0.5) is 14.5 Å². The Hall–Kier alpha value is -4.71. The molecule has 0 unspecified atom stereocenters. The van der Waals surface area contributed by atoms with Crippen LogP contribution in [0.1, 0.15) is 25.0 Å². The number of carbonyl (C=O) groups is 1. The zero-order valence-electron chi connectivity index (χ0n) is 21.7. The molecule has 0 radical (unpaired) electrons. The second-order valence-corrected chi connectivity index (χ2v) is 9.84. The van der Waals surface area contributed by atoms with Crippen molar-refractivity contribution in [3.63, 3.8) is 0 Å². The first-order valence-corrected chi connectivity index (χ1v) is 13.0. The molecule has 9 nitrogen and oxygen atoms in total. The van der Waals surface area contributed by atoms with Gasteiger partial charge < -0.3 is 10.1 Å². The van der Waals surface area contributed by atoms with Gasteiger partial charge in [-0.15, -0.1) is 21.5 Å². The summed E-state index contributed by atoms with van der Waals surface area (Å²) in [5.74, 6) is -1.72. The van der Waals surface area contributed by atoms with Gasteiger partial charge in [-0.1, -0.05) is 25.1 Å². The summed E-state index contributed by atoms with van der Waals surface area (Å²) in [5.41, 5.74) is 0.246. The number of carbonyl (C=O) groups excluding carboxylic acids is 1. The molecule has 5 aromatic rings. The number of aromatic nitrogens is 4. The van der Waals surface area contributed by atoms with Crippen molar-refractivity contribution in [3.05, 3.63) is 98.2 Å². The number of aryl methyl sites for hydroxylation is 1. The van der Waals surface area contributed by atoms with Crippen molar-refractivity contribution in [3.8, 4) is 22.1 Å². The van der Waals surface area contributed by atoms with Crippen LogP contribution in [0.3, 0.4) is 0 Å². The van der Waals surface area contributed by atoms with E-state index in [9.17, 15) is 23.2 Å². The van der Waals surface area contributed by atoms with E-state index in [0.717, 1.165) is 22.3 Å². The number of benzene rings is 2. The lowest BCUT2D eigenvalue weighted by Crippen LogP contribution is -2.39. The van der Waals surface area contributed by atoms with E-state index in [-0.39, 0.29) is 33.4 Å². The van der Waals surface area contributed by atoms with Gasteiger partial charge in [0.1, 0.15) is 16.5 Å². The smallest absolute Gasteiger partial charge is 0.338 e. The van der Waals surface area contributed by atoms with Gasteiger partial charge in [0.05, 0.1) is 19.0 Å². The van der Waals surface area contributed by atoms with E-state index in [0.29, 0.717) is 22.5 Å². The van der Waals surface area contributed by atoms with Crippen molar-refractivity contribution in [2.24, 2.45) is 0 Å². The zero-order chi connectivity index (χ0) is 28.6. The third kappa shape index (κ3) is 4.77. The Labute approximate surface area is 230 Å². The highest BCUT2D eigenvalue weighted by molar-refractivity contribution is 7.22. The molecule has 0 atom stereocenters. The molecule has 0 saturated carbocycles. The topological polar surface area (TPSA) is 108 Å². The van der Waals surface area contributed by atoms with Gasteiger partial charge in [0.25, 0.3) is 5.56 Å². The second kappa shape index (κ2) is 10.8. The van der Waals surface area contributed by atoms with Gasteiger partial charge in [0, 0.05) is 29.1 Å². The molecule has 1 amide bonds. The summed E-state index contributed by atoms with van der Waals surface area (Å²) in [6.07, 6.45) is 0.429. The molecular weight excluding hydrogens is 540 g/mol. The molecule has 0 aliphatic carbocycles. The number of hydrogen-bond acceptors (Lipinski definition) is 7. The van der Waals surface area contributed by atoms with Gasteiger partial charge in [-0.2, -0.15) is 0 Å². The normalized spacial score (nSPS) is 11.1. The molecule has 2 aromatic carbocycles. The Morgan fingerprint density at radius 3 is 2.27 bits per heavy atom. The molecule has 0 saturated heterocycles. The average Bonchev–Trinajstić information content (AvgIpc) is 3.33. The van der Waals surface area contributed by atoms with Gasteiger partial charge in [-0.25, -0.2) is 18.1 Å². The molecule has 3 aromatic heterocycles. The van der Waals surface area contributed by atoms with E-state index in [1.165, 1.54) is 48.1 Å². The van der Waals surface area contributed by atoms with Crippen molar-refractivity contribution in [2.45, 2.75) is 26.8 Å². The first-order chi connectivity index (χ1) is 19.2. The Bertz CT molecular complexity index is 1840. The lowest BCUT2D eigenvalue weighted by molar-refractivity contribution is -0.114. The number of anilines is 1. The number of amides is 1. The van der Waals surface area contributed by atoms with Crippen molar-refractivity contribution < 1.29 is 18.3 Å². The minimum atomic E-state index is -0.823. The maximum atomic E-state index is 14.7. The summed E-state index contributed by atoms with van der Waals surface area (Å²) in [5, 5.41) is 10.8. The van der Waals surface area contributed by atoms with Crippen molar-refractivity contribution in [1.29, 1.82) is 0 Å². The van der Waals surface area contributed by atoms with Gasteiger partial charge in [-0.3, -0.25) is 14.2 Å². The highest BCUT2D eigenvalue weighted by Gasteiger charge is 2.24. The summed E-state index contributed by atoms with van der Waals surface area (Å²) in [6, 6.07) is 13.4. The molecule has 0 aliphatic heterocycles. The monoisotopic (exact) mass is 563 g/mol. The van der Waals surface area contributed by atoms with Crippen molar-refractivity contribution in [1.82, 2.24) is 19.3 Å². The number of nitrogens with one attached hydrogen (secondary N) is 1. The number of fused-ring (bicyclic) bond motifs is 1. The molecule has 204 valence electrons. The van der Waals surface area contributed by atoms with Crippen molar-refractivity contribution >= 4 is 33.1 Å². The van der Waals surface area contributed by atoms with Crippen LogP contribution in [0.15, 0.2) is 64.2 Å². The Kier molecular flexibility index (Phi) is 7.26. The standard InChI is InChI=1S/C28H23F2N5O4S/c1-4-18-24-26(37)35(22-12-13-23(39-3)33-32-22)28(38)34(14-19-20(29)6-5-7-21(19)30)27(24)40-25(18)16-8-10-17(11-9-16)31-15(2)36/h5-13H,4,14H2,1-3H3,(H,31,36). The van der Waals surface area contributed by atoms with Gasteiger partial charge in [-0.05, 0) is 47.9 Å². The van der Waals surface area contributed by atoms with Gasteiger partial charge in [0.15, 0.2) is 5.82 Å². The van der Waals surface area contributed by atoms with Crippen LogP contribution in [0, 0.1) is 11.6 Å². The lowest BCUT2D eigenvalue weighted by atomic mass is 10.0. The number of thiophene rings is 1. The number of halogens is 2. The SMILES string of the molecule is CCc1c(-c2ccc(NC(C)=O)cc2)sc2c1c(=O)n(-c1ccc(OC)nn1)c(=O)n2Cc1c(F)cccc1F. The third-order valence-electron chi connectivity index (χ3n) is 6.34. The summed E-state index contributed by atoms with van der Waals surface area (Å²) >= 11 is 1.18. The zero-order valence-corrected chi connectivity index (χ0v) is 22.5. The van der Waals surface area contributed by atoms with Crippen LogP contribution >= 0.6 is 11.3 Å². The van der Waals surface area contributed by atoms with Crippen LogP contribution in [-0.4, -0.2) is 32.3 Å². The molecule has 12 heteroatoms. The fourth-order valence-electron chi connectivity index (χ4n) is 4.47. The molecule has 0 aliphatic rings. The maximum Gasteiger partial charge on any atom is 0.338 e. The molecule has 5 rings (SSSR count). The number of nitrogens with zero attached hydrogens (tertiary/aromatic N) is 4. The summed E-state index contributed by atoms with van der Waals surface area (Å²) in [6.45, 7) is 2.83. The van der Waals surface area contributed by atoms with E-state index < -0.39 is 29.4 Å². The Morgan fingerprint density at radius 2 is 1.70 bits per heavy atom. The van der Waals surface area contributed by atoms with E-state index in [1.54, 1.807) is 24.3 Å². The first kappa shape index (κ1) is 26.9. The van der Waals surface area contributed by atoms with E-state index in [1.807, 2.05) is 6.92 Å². The van der Waals surface area contributed by atoms with Gasteiger partial charge >= 0.3 is 5.69 Å². The van der Waals surface area contributed by atoms with E-state index >= 15 is 0 Å². The number of methoxy groups -OCH3 is 1. The van der Waals surface area contributed by atoms with Crippen LogP contribution in [0.25, 0.3) is 26.5 Å². The summed E-state index contributed by atoms with van der Waals surface area (Å²) in [4.78, 5) is 40.1. The molecule has 0 bridgehead atoms. The largest absolute Gasteiger partial charge is 0.480 e. The highest BCUT2D eigenvalue weighted by Crippen LogP contribution is 2.38. The Morgan fingerprint density at radius 1 is 1.00 bits per heavy atom. The molecule has 3 heterocycles. The first-order valence-electron chi connectivity index (χ1n) is 12.2. The van der Waals surface area contributed by atoms with Crippen LogP contribution < -0.4 is 21.3 Å². The predicted molar refractivity (Wildman–Crippen MR) is 148 cm³/mol. The van der Waals surface area contributed by atoms with Gasteiger partial charge in [0.2, 0.25) is 11.8 Å². The predicted octanol–water partition coefficient (Wildman–Crippen LogP) is 4.53. The number of rotatable bonds is 7. The lowest BCUT2D eigenvalue weighted by Gasteiger charge is -2.13. The minimum absolute atomic E-state index is 0.0603. The molecule has 0 fully saturated rings. The number of ether oxygens (including phenoxy) is 1. The van der Waals surface area contributed by atoms with Crippen molar-refractivity contribution in [2.75, 3.05) is 12.4 Å². The molecule has 0 spiro atoms. The van der Waals surface area contributed by atoms with Crippen LogP contribution in [0.2, 0.25) is 0 Å².